The Morgan fingerprint density at radius 2 is 2.08 bits per heavy atom. The molecule has 0 radical (unpaired) electrons. The fourth-order valence-corrected chi connectivity index (χ4v) is 1.42. The number of thioether (sulfide) groups is 1. The van der Waals surface area contributed by atoms with Crippen LogP contribution < -0.4 is 0 Å². The van der Waals surface area contributed by atoms with E-state index in [4.69, 9.17) is 0 Å². The molecule has 0 N–H and O–H groups in total. The van der Waals surface area contributed by atoms with Crippen molar-refractivity contribution in [1.82, 2.24) is 0 Å². The lowest BCUT2D eigenvalue weighted by Crippen LogP contribution is -1.92. The van der Waals surface area contributed by atoms with Gasteiger partial charge >= 0.3 is 0 Å². The largest absolute Gasteiger partial charge is 0.158 e. The van der Waals surface area contributed by atoms with Crippen molar-refractivity contribution in [3.05, 3.63) is 23.8 Å². The van der Waals surface area contributed by atoms with Gasteiger partial charge in [0.25, 0.3) is 0 Å². The number of allylic oxidation sites excluding steroid dienone is 3. The van der Waals surface area contributed by atoms with Crippen molar-refractivity contribution in [1.29, 1.82) is 0 Å². The molecule has 1 heteroatoms. The lowest BCUT2D eigenvalue weighted by Gasteiger charge is -2.03. The first-order valence-electron chi connectivity index (χ1n) is 4.61. The van der Waals surface area contributed by atoms with Crippen molar-refractivity contribution in [3.63, 3.8) is 0 Å². The lowest BCUT2D eigenvalue weighted by atomic mass is 10.2. The molecule has 0 fully saturated rings. The summed E-state index contributed by atoms with van der Waals surface area (Å²) in [6.07, 6.45) is 11.2. The Labute approximate surface area is 81.1 Å². The highest BCUT2D eigenvalue weighted by molar-refractivity contribution is 7.99. The first-order valence-corrected chi connectivity index (χ1v) is 5.90. The molecule has 0 spiro atoms. The second-order valence-electron chi connectivity index (χ2n) is 2.93. The molecule has 0 saturated carbocycles. The third-order valence-electron chi connectivity index (χ3n) is 1.97. The number of rotatable bonds is 5. The zero-order valence-corrected chi connectivity index (χ0v) is 9.45. The fourth-order valence-electron chi connectivity index (χ4n) is 0.843. The van der Waals surface area contributed by atoms with Gasteiger partial charge in [-0.15, -0.1) is 0 Å². The molecular formula is C11H20S. The van der Waals surface area contributed by atoms with Crippen LogP contribution in [0.4, 0.5) is 0 Å². The smallest absolute Gasteiger partial charge is 0.0224 e. The highest BCUT2D eigenvalue weighted by Crippen LogP contribution is 2.11. The van der Waals surface area contributed by atoms with E-state index in [9.17, 15) is 0 Å². The summed E-state index contributed by atoms with van der Waals surface area (Å²) in [6, 6.07) is 0. The van der Waals surface area contributed by atoms with Crippen molar-refractivity contribution < 1.29 is 0 Å². The minimum Gasteiger partial charge on any atom is -0.158 e. The maximum atomic E-state index is 2.28. The van der Waals surface area contributed by atoms with Crippen molar-refractivity contribution in [2.24, 2.45) is 0 Å². The van der Waals surface area contributed by atoms with E-state index >= 15 is 0 Å². The monoisotopic (exact) mass is 184 g/mol. The zero-order chi connectivity index (χ0) is 9.40. The summed E-state index contributed by atoms with van der Waals surface area (Å²) in [5.74, 6) is 0. The van der Waals surface area contributed by atoms with Gasteiger partial charge in [-0.1, -0.05) is 37.6 Å². The van der Waals surface area contributed by atoms with Gasteiger partial charge in [-0.3, -0.25) is 0 Å². The van der Waals surface area contributed by atoms with E-state index in [1.54, 1.807) is 0 Å². The van der Waals surface area contributed by atoms with E-state index < -0.39 is 0 Å². The molecule has 1 unspecified atom stereocenters. The van der Waals surface area contributed by atoms with Gasteiger partial charge in [-0.05, 0) is 26.0 Å². The molecule has 12 heavy (non-hydrogen) atoms. The van der Waals surface area contributed by atoms with Crippen LogP contribution in [-0.4, -0.2) is 11.5 Å². The van der Waals surface area contributed by atoms with E-state index in [0.717, 1.165) is 6.42 Å². The van der Waals surface area contributed by atoms with Crippen LogP contribution in [0, 0.1) is 0 Å². The van der Waals surface area contributed by atoms with Gasteiger partial charge in [-0.25, -0.2) is 0 Å². The summed E-state index contributed by atoms with van der Waals surface area (Å²) in [5, 5.41) is 0.686. The highest BCUT2D eigenvalue weighted by atomic mass is 32.2. The Morgan fingerprint density at radius 1 is 1.42 bits per heavy atom. The van der Waals surface area contributed by atoms with E-state index in [1.807, 2.05) is 11.8 Å². The Hall–Kier alpha value is -0.170. The zero-order valence-electron chi connectivity index (χ0n) is 8.63. The molecule has 0 aliphatic carbocycles. The van der Waals surface area contributed by atoms with Crippen molar-refractivity contribution in [2.45, 2.75) is 38.9 Å². The van der Waals surface area contributed by atoms with Gasteiger partial charge < -0.3 is 0 Å². The first kappa shape index (κ1) is 11.8. The number of hydrogen-bond acceptors (Lipinski definition) is 1. The molecule has 0 aromatic heterocycles. The van der Waals surface area contributed by atoms with Gasteiger partial charge in [0.2, 0.25) is 0 Å². The molecule has 0 aromatic carbocycles. The van der Waals surface area contributed by atoms with Crippen LogP contribution in [0.15, 0.2) is 23.8 Å². The number of hydrogen-bond donors (Lipinski definition) is 0. The minimum absolute atomic E-state index is 0.686. The molecule has 0 aliphatic rings. The van der Waals surface area contributed by atoms with Crippen molar-refractivity contribution >= 4 is 11.8 Å². The maximum Gasteiger partial charge on any atom is 0.0224 e. The summed E-state index contributed by atoms with van der Waals surface area (Å²) >= 11 is 1.91. The summed E-state index contributed by atoms with van der Waals surface area (Å²) in [7, 11) is 0. The van der Waals surface area contributed by atoms with Gasteiger partial charge in [-0.2, -0.15) is 11.8 Å². The van der Waals surface area contributed by atoms with Crippen LogP contribution in [0.25, 0.3) is 0 Å². The molecule has 0 aliphatic heterocycles. The SMILES string of the molecule is CC/C(C)=C/C=CC(CC)SC. The predicted octanol–water partition coefficient (Wildman–Crippen LogP) is 4.04. The molecule has 0 amide bonds. The standard InChI is InChI=1S/C11H20S/c1-5-10(3)8-7-9-11(6-2)12-4/h7-9,11H,5-6H2,1-4H3/b9-7?,10-8+. The average Bonchev–Trinajstić information content (AvgIpc) is 2.12. The fraction of sp³-hybridized carbons (Fsp3) is 0.636. The summed E-state index contributed by atoms with van der Waals surface area (Å²) in [4.78, 5) is 0. The quantitative estimate of drug-likeness (QED) is 0.581. The Morgan fingerprint density at radius 3 is 2.50 bits per heavy atom. The van der Waals surface area contributed by atoms with Gasteiger partial charge in [0.1, 0.15) is 0 Å². The van der Waals surface area contributed by atoms with Crippen LogP contribution in [0.1, 0.15) is 33.6 Å². The van der Waals surface area contributed by atoms with Crippen molar-refractivity contribution in [3.8, 4) is 0 Å². The Bertz CT molecular complexity index is 152. The van der Waals surface area contributed by atoms with Crippen LogP contribution in [-0.2, 0) is 0 Å². The third-order valence-corrected chi connectivity index (χ3v) is 3.07. The second-order valence-corrected chi connectivity index (χ2v) is 4.01. The van der Waals surface area contributed by atoms with E-state index in [0.29, 0.717) is 5.25 Å². The third kappa shape index (κ3) is 5.48. The molecule has 1 atom stereocenters. The van der Waals surface area contributed by atoms with Crippen molar-refractivity contribution in [2.75, 3.05) is 6.26 Å². The Balaban J connectivity index is 3.88. The minimum atomic E-state index is 0.686. The summed E-state index contributed by atoms with van der Waals surface area (Å²) in [5.41, 5.74) is 1.45. The van der Waals surface area contributed by atoms with E-state index in [2.05, 4.69) is 45.3 Å². The molecule has 70 valence electrons. The summed E-state index contributed by atoms with van der Waals surface area (Å²) in [6.45, 7) is 6.58. The highest BCUT2D eigenvalue weighted by Gasteiger charge is 1.95. The van der Waals surface area contributed by atoms with E-state index in [1.165, 1.54) is 12.0 Å². The molecule has 0 heterocycles. The topological polar surface area (TPSA) is 0 Å². The molecule has 0 bridgehead atoms. The van der Waals surface area contributed by atoms with E-state index in [-0.39, 0.29) is 0 Å². The molecule has 0 saturated heterocycles. The predicted molar refractivity (Wildman–Crippen MR) is 60.8 cm³/mol. The summed E-state index contributed by atoms with van der Waals surface area (Å²) < 4.78 is 0. The first-order chi connectivity index (χ1) is 5.74. The molecule has 0 rings (SSSR count). The average molecular weight is 184 g/mol. The molecular weight excluding hydrogens is 164 g/mol. The van der Waals surface area contributed by atoms with Crippen LogP contribution in [0.2, 0.25) is 0 Å². The maximum absolute atomic E-state index is 2.28. The second kappa shape index (κ2) is 7.48. The van der Waals surface area contributed by atoms with Crippen LogP contribution in [0.3, 0.4) is 0 Å². The molecule has 0 nitrogen and oxygen atoms in total. The molecule has 0 aromatic rings. The lowest BCUT2D eigenvalue weighted by molar-refractivity contribution is 0.979. The van der Waals surface area contributed by atoms with Gasteiger partial charge in [0, 0.05) is 5.25 Å². The normalized spacial score (nSPS) is 15.5. The van der Waals surface area contributed by atoms with Gasteiger partial charge in [0.05, 0.1) is 0 Å². The van der Waals surface area contributed by atoms with Gasteiger partial charge in [0.15, 0.2) is 0 Å². The van der Waals surface area contributed by atoms with Crippen LogP contribution >= 0.6 is 11.8 Å². The Kier molecular flexibility index (Phi) is 7.37. The van der Waals surface area contributed by atoms with Crippen LogP contribution in [0.5, 0.6) is 0 Å².